The highest BCUT2D eigenvalue weighted by Gasteiger charge is 2.34. The second-order valence-electron chi connectivity index (χ2n) is 4.37. The van der Waals surface area contributed by atoms with E-state index in [4.69, 9.17) is 5.73 Å². The Hall–Kier alpha value is -1.32. The van der Waals surface area contributed by atoms with E-state index in [1.807, 2.05) is 0 Å². The van der Waals surface area contributed by atoms with Crippen molar-refractivity contribution in [3.8, 4) is 0 Å². The lowest BCUT2D eigenvalue weighted by atomic mass is 9.67. The third-order valence-electron chi connectivity index (χ3n) is 3.46. The minimum atomic E-state index is 0.480. The SMILES string of the molecule is CCC1(CNc2nccc(N)n2)CCC1. The monoisotopic (exact) mass is 206 g/mol. The maximum atomic E-state index is 5.59. The van der Waals surface area contributed by atoms with Crippen LogP contribution in [0.5, 0.6) is 0 Å². The lowest BCUT2D eigenvalue weighted by molar-refractivity contribution is 0.144. The van der Waals surface area contributed by atoms with E-state index in [0.717, 1.165) is 6.54 Å². The molecule has 0 radical (unpaired) electrons. The predicted molar refractivity (Wildman–Crippen MR) is 61.5 cm³/mol. The quantitative estimate of drug-likeness (QED) is 0.791. The van der Waals surface area contributed by atoms with Crippen LogP contribution in [-0.2, 0) is 0 Å². The van der Waals surface area contributed by atoms with E-state index >= 15 is 0 Å². The van der Waals surface area contributed by atoms with Crippen LogP contribution in [0.25, 0.3) is 0 Å². The van der Waals surface area contributed by atoms with Crippen LogP contribution in [0.15, 0.2) is 12.3 Å². The number of hydrogen-bond acceptors (Lipinski definition) is 4. The van der Waals surface area contributed by atoms with Crippen LogP contribution in [0, 0.1) is 5.41 Å². The van der Waals surface area contributed by atoms with Crippen molar-refractivity contribution in [3.63, 3.8) is 0 Å². The number of nitrogens with two attached hydrogens (primary N) is 1. The Balaban J connectivity index is 1.92. The van der Waals surface area contributed by atoms with Crippen molar-refractivity contribution >= 4 is 11.8 Å². The van der Waals surface area contributed by atoms with E-state index in [1.54, 1.807) is 12.3 Å². The molecule has 0 unspecified atom stereocenters. The number of aromatic nitrogens is 2. The molecule has 2 rings (SSSR count). The van der Waals surface area contributed by atoms with Gasteiger partial charge in [-0.3, -0.25) is 0 Å². The zero-order valence-electron chi connectivity index (χ0n) is 9.16. The maximum Gasteiger partial charge on any atom is 0.224 e. The lowest BCUT2D eigenvalue weighted by Gasteiger charge is -2.41. The first kappa shape index (κ1) is 10.2. The van der Waals surface area contributed by atoms with Crippen molar-refractivity contribution in [1.82, 2.24) is 9.97 Å². The van der Waals surface area contributed by atoms with Gasteiger partial charge < -0.3 is 11.1 Å². The van der Waals surface area contributed by atoms with Crippen molar-refractivity contribution in [2.45, 2.75) is 32.6 Å². The summed E-state index contributed by atoms with van der Waals surface area (Å²) in [7, 11) is 0. The fourth-order valence-corrected chi connectivity index (χ4v) is 2.06. The summed E-state index contributed by atoms with van der Waals surface area (Å²) >= 11 is 0. The number of nitrogens with zero attached hydrogens (tertiary/aromatic N) is 2. The van der Waals surface area contributed by atoms with Gasteiger partial charge in [0.05, 0.1) is 0 Å². The largest absolute Gasteiger partial charge is 0.384 e. The van der Waals surface area contributed by atoms with Crippen molar-refractivity contribution in [3.05, 3.63) is 12.3 Å². The maximum absolute atomic E-state index is 5.59. The van der Waals surface area contributed by atoms with Crippen LogP contribution in [0.1, 0.15) is 32.6 Å². The van der Waals surface area contributed by atoms with E-state index < -0.39 is 0 Å². The Labute approximate surface area is 90.3 Å². The molecule has 1 aromatic rings. The third kappa shape index (κ3) is 2.19. The summed E-state index contributed by atoms with van der Waals surface area (Å²) in [6.45, 7) is 3.22. The summed E-state index contributed by atoms with van der Waals surface area (Å²) in [5.74, 6) is 1.17. The summed E-state index contributed by atoms with van der Waals surface area (Å²) in [6.07, 6.45) is 6.90. The van der Waals surface area contributed by atoms with Gasteiger partial charge in [-0.2, -0.15) is 4.98 Å². The van der Waals surface area contributed by atoms with Crippen molar-refractivity contribution in [1.29, 1.82) is 0 Å². The molecule has 0 aliphatic heterocycles. The van der Waals surface area contributed by atoms with Gasteiger partial charge in [-0.1, -0.05) is 13.3 Å². The summed E-state index contributed by atoms with van der Waals surface area (Å²) < 4.78 is 0. The Morgan fingerprint density at radius 3 is 2.87 bits per heavy atom. The van der Waals surface area contributed by atoms with Gasteiger partial charge in [0.25, 0.3) is 0 Å². The molecule has 1 aliphatic carbocycles. The van der Waals surface area contributed by atoms with Gasteiger partial charge >= 0.3 is 0 Å². The highest BCUT2D eigenvalue weighted by Crippen LogP contribution is 2.43. The number of nitrogen functional groups attached to an aromatic ring is 1. The first-order valence-electron chi connectivity index (χ1n) is 5.56. The smallest absolute Gasteiger partial charge is 0.224 e. The zero-order valence-corrected chi connectivity index (χ0v) is 9.16. The summed E-state index contributed by atoms with van der Waals surface area (Å²) in [5.41, 5.74) is 6.07. The fraction of sp³-hybridized carbons (Fsp3) is 0.636. The molecule has 4 heteroatoms. The summed E-state index contributed by atoms with van der Waals surface area (Å²) in [4.78, 5) is 8.26. The first-order chi connectivity index (χ1) is 7.24. The van der Waals surface area contributed by atoms with Gasteiger partial charge in [0, 0.05) is 12.7 Å². The fourth-order valence-electron chi connectivity index (χ4n) is 2.06. The number of hydrogen-bond donors (Lipinski definition) is 2. The van der Waals surface area contributed by atoms with Crippen molar-refractivity contribution < 1.29 is 0 Å². The van der Waals surface area contributed by atoms with E-state index in [9.17, 15) is 0 Å². The van der Waals surface area contributed by atoms with Gasteiger partial charge in [0.1, 0.15) is 5.82 Å². The third-order valence-corrected chi connectivity index (χ3v) is 3.46. The van der Waals surface area contributed by atoms with Crippen LogP contribution in [-0.4, -0.2) is 16.5 Å². The van der Waals surface area contributed by atoms with E-state index in [2.05, 4.69) is 22.2 Å². The highest BCUT2D eigenvalue weighted by molar-refractivity contribution is 5.35. The molecule has 3 N–H and O–H groups in total. The molecule has 82 valence electrons. The van der Waals surface area contributed by atoms with Gasteiger partial charge in [-0.25, -0.2) is 4.98 Å². The van der Waals surface area contributed by atoms with Gasteiger partial charge in [-0.15, -0.1) is 0 Å². The molecule has 0 amide bonds. The topological polar surface area (TPSA) is 63.8 Å². The molecule has 1 aromatic heterocycles. The van der Waals surface area contributed by atoms with E-state index in [0.29, 0.717) is 17.2 Å². The van der Waals surface area contributed by atoms with E-state index in [1.165, 1.54) is 25.7 Å². The average Bonchev–Trinajstić information content (AvgIpc) is 2.17. The van der Waals surface area contributed by atoms with Crippen molar-refractivity contribution in [2.24, 2.45) is 5.41 Å². The molecule has 0 aromatic carbocycles. The molecule has 1 saturated carbocycles. The van der Waals surface area contributed by atoms with Gasteiger partial charge in [0.2, 0.25) is 5.95 Å². The molecule has 1 heterocycles. The first-order valence-corrected chi connectivity index (χ1v) is 5.56. The molecule has 1 aliphatic rings. The predicted octanol–water partition coefficient (Wildman–Crippen LogP) is 2.05. The summed E-state index contributed by atoms with van der Waals surface area (Å²) in [6, 6.07) is 1.70. The van der Waals surface area contributed by atoms with Crippen LogP contribution >= 0.6 is 0 Å². The molecule has 4 nitrogen and oxygen atoms in total. The normalized spacial score (nSPS) is 18.2. The van der Waals surface area contributed by atoms with Crippen LogP contribution in [0.3, 0.4) is 0 Å². The Kier molecular flexibility index (Phi) is 2.75. The molecule has 1 fully saturated rings. The minimum absolute atomic E-state index is 0.480. The van der Waals surface area contributed by atoms with Crippen molar-refractivity contribution in [2.75, 3.05) is 17.6 Å². The molecular formula is C11H18N4. The van der Waals surface area contributed by atoms with Crippen LogP contribution in [0.4, 0.5) is 11.8 Å². The lowest BCUT2D eigenvalue weighted by Crippen LogP contribution is -2.36. The molecule has 0 atom stereocenters. The second-order valence-corrected chi connectivity index (χ2v) is 4.37. The standard InChI is InChI=1S/C11H18N4/c1-2-11(5-3-6-11)8-14-10-13-7-4-9(12)15-10/h4,7H,2-3,5-6,8H2,1H3,(H3,12,13,14,15). The number of nitrogens with one attached hydrogen (secondary N) is 1. The van der Waals surface area contributed by atoms with Gasteiger partial charge in [0.15, 0.2) is 0 Å². The average molecular weight is 206 g/mol. The van der Waals surface area contributed by atoms with Crippen LogP contribution < -0.4 is 11.1 Å². The molecule has 0 spiro atoms. The molecule has 0 bridgehead atoms. The Bertz CT molecular complexity index is 328. The molecule has 0 saturated heterocycles. The summed E-state index contributed by atoms with van der Waals surface area (Å²) in [5, 5.41) is 3.28. The van der Waals surface area contributed by atoms with E-state index in [-0.39, 0.29) is 0 Å². The molecular weight excluding hydrogens is 188 g/mol. The Morgan fingerprint density at radius 1 is 1.53 bits per heavy atom. The second kappa shape index (κ2) is 4.04. The van der Waals surface area contributed by atoms with Crippen LogP contribution in [0.2, 0.25) is 0 Å². The number of rotatable bonds is 4. The Morgan fingerprint density at radius 2 is 2.33 bits per heavy atom. The zero-order chi connectivity index (χ0) is 10.7. The minimum Gasteiger partial charge on any atom is -0.384 e. The molecule has 15 heavy (non-hydrogen) atoms. The highest BCUT2D eigenvalue weighted by atomic mass is 15.1. The van der Waals surface area contributed by atoms with Gasteiger partial charge in [-0.05, 0) is 30.7 Å². The number of anilines is 2.